The molecule has 3 aromatic carbocycles. The van der Waals surface area contributed by atoms with Gasteiger partial charge in [-0.1, -0.05) is 60.1 Å². The van der Waals surface area contributed by atoms with Crippen LogP contribution >= 0.6 is 11.6 Å². The molecule has 186 valence electrons. The van der Waals surface area contributed by atoms with Gasteiger partial charge in [0, 0.05) is 42.9 Å². The zero-order valence-corrected chi connectivity index (χ0v) is 20.8. The molecule has 1 aromatic heterocycles. The van der Waals surface area contributed by atoms with Gasteiger partial charge in [-0.2, -0.15) is 0 Å². The van der Waals surface area contributed by atoms with Crippen molar-refractivity contribution in [1.82, 2.24) is 15.1 Å². The summed E-state index contributed by atoms with van der Waals surface area (Å²) in [6.07, 6.45) is 0. The zero-order chi connectivity index (χ0) is 25.6. The lowest BCUT2D eigenvalue weighted by atomic mass is 10.0. The summed E-state index contributed by atoms with van der Waals surface area (Å²) in [5.74, 6) is 1.18. The van der Waals surface area contributed by atoms with Crippen LogP contribution in [0.4, 0.5) is 5.82 Å². The van der Waals surface area contributed by atoms with Crippen molar-refractivity contribution in [1.29, 1.82) is 0 Å². The normalized spacial score (nSPS) is 13.3. The number of rotatable bonds is 7. The summed E-state index contributed by atoms with van der Waals surface area (Å²) < 4.78 is 5.69. The van der Waals surface area contributed by atoms with Crippen molar-refractivity contribution in [2.75, 3.05) is 37.7 Å². The molecule has 7 nitrogen and oxygen atoms in total. The number of carbonyl (C=O) groups excluding carboxylic acids is 2. The van der Waals surface area contributed by atoms with Crippen LogP contribution < -0.4 is 9.64 Å². The van der Waals surface area contributed by atoms with Crippen LogP contribution in [0, 0.1) is 0 Å². The Balaban J connectivity index is 1.10. The van der Waals surface area contributed by atoms with Crippen molar-refractivity contribution >= 4 is 29.1 Å². The Morgan fingerprint density at radius 1 is 0.757 bits per heavy atom. The van der Waals surface area contributed by atoms with Crippen molar-refractivity contribution in [2.24, 2.45) is 0 Å². The Kier molecular flexibility index (Phi) is 7.42. The summed E-state index contributed by atoms with van der Waals surface area (Å²) in [6.45, 7) is 2.39. The molecular formula is C29H25ClN4O3. The first-order valence-electron chi connectivity index (χ1n) is 12.0. The molecule has 4 aromatic rings. The molecule has 1 amide bonds. The van der Waals surface area contributed by atoms with E-state index < -0.39 is 0 Å². The van der Waals surface area contributed by atoms with Crippen LogP contribution in [-0.4, -0.2) is 59.6 Å². The fourth-order valence-electron chi connectivity index (χ4n) is 4.19. The molecule has 1 aliphatic heterocycles. The molecule has 0 unspecified atom stereocenters. The summed E-state index contributed by atoms with van der Waals surface area (Å²) in [7, 11) is 0. The largest absolute Gasteiger partial charge is 0.484 e. The van der Waals surface area contributed by atoms with Crippen LogP contribution in [0.1, 0.15) is 15.9 Å². The standard InChI is InChI=1S/C29H25ClN4O3/c30-25-9-5-4-8-24(25)26-14-15-27(32-31-26)33-16-18-34(19-17-33)28(35)20-37-23-12-10-22(11-13-23)29(36)21-6-2-1-3-7-21/h1-15H,16-20H2. The number of carbonyl (C=O) groups is 2. The number of halogens is 1. The number of piperazine rings is 1. The number of ketones is 1. The first kappa shape index (κ1) is 24.5. The second-order valence-electron chi connectivity index (χ2n) is 8.63. The van der Waals surface area contributed by atoms with Crippen LogP contribution in [0.25, 0.3) is 11.3 Å². The molecular weight excluding hydrogens is 488 g/mol. The van der Waals surface area contributed by atoms with Gasteiger partial charge < -0.3 is 14.5 Å². The first-order valence-corrected chi connectivity index (χ1v) is 12.4. The van der Waals surface area contributed by atoms with E-state index in [4.69, 9.17) is 16.3 Å². The molecule has 0 spiro atoms. The number of hydrogen-bond acceptors (Lipinski definition) is 6. The third-order valence-corrected chi connectivity index (χ3v) is 6.60. The summed E-state index contributed by atoms with van der Waals surface area (Å²) in [5.41, 5.74) is 2.77. The molecule has 0 saturated carbocycles. The molecule has 5 rings (SSSR count). The highest BCUT2D eigenvalue weighted by Gasteiger charge is 2.22. The number of ether oxygens (including phenoxy) is 1. The van der Waals surface area contributed by atoms with E-state index in [0.717, 1.165) is 17.1 Å². The number of amides is 1. The first-order chi connectivity index (χ1) is 18.1. The summed E-state index contributed by atoms with van der Waals surface area (Å²) in [4.78, 5) is 29.1. The Bertz CT molecular complexity index is 1370. The quantitative estimate of drug-likeness (QED) is 0.332. The van der Waals surface area contributed by atoms with E-state index in [1.807, 2.05) is 54.6 Å². The summed E-state index contributed by atoms with van der Waals surface area (Å²) in [5, 5.41) is 9.34. The average Bonchev–Trinajstić information content (AvgIpc) is 2.97. The lowest BCUT2D eigenvalue weighted by molar-refractivity contribution is -0.133. The Hall–Kier alpha value is -4.23. The Labute approximate surface area is 220 Å². The lowest BCUT2D eigenvalue weighted by Crippen LogP contribution is -2.50. The van der Waals surface area contributed by atoms with E-state index in [9.17, 15) is 9.59 Å². The minimum Gasteiger partial charge on any atom is -0.484 e. The molecule has 0 radical (unpaired) electrons. The van der Waals surface area contributed by atoms with Crippen LogP contribution in [0.5, 0.6) is 5.75 Å². The number of nitrogens with zero attached hydrogens (tertiary/aromatic N) is 4. The molecule has 8 heteroatoms. The maximum absolute atomic E-state index is 12.7. The second-order valence-corrected chi connectivity index (χ2v) is 9.04. The van der Waals surface area contributed by atoms with Crippen LogP contribution in [-0.2, 0) is 4.79 Å². The third kappa shape index (κ3) is 5.78. The Morgan fingerprint density at radius 2 is 1.43 bits per heavy atom. The molecule has 2 heterocycles. The predicted molar refractivity (Wildman–Crippen MR) is 143 cm³/mol. The number of anilines is 1. The van der Waals surface area contributed by atoms with Crippen LogP contribution in [0.2, 0.25) is 5.02 Å². The average molecular weight is 513 g/mol. The second kappa shape index (κ2) is 11.2. The maximum Gasteiger partial charge on any atom is 0.260 e. The van der Waals surface area contributed by atoms with E-state index >= 15 is 0 Å². The predicted octanol–water partition coefficient (Wildman–Crippen LogP) is 4.76. The van der Waals surface area contributed by atoms with Gasteiger partial charge in [0.2, 0.25) is 0 Å². The highest BCUT2D eigenvalue weighted by atomic mass is 35.5. The smallest absolute Gasteiger partial charge is 0.260 e. The third-order valence-electron chi connectivity index (χ3n) is 6.27. The van der Waals surface area contributed by atoms with Gasteiger partial charge in [0.05, 0.1) is 10.7 Å². The van der Waals surface area contributed by atoms with Crippen molar-refractivity contribution in [3.05, 3.63) is 107 Å². The van der Waals surface area contributed by atoms with Gasteiger partial charge in [-0.3, -0.25) is 9.59 Å². The fourth-order valence-corrected chi connectivity index (χ4v) is 4.42. The van der Waals surface area contributed by atoms with Gasteiger partial charge in [0.1, 0.15) is 5.75 Å². The van der Waals surface area contributed by atoms with E-state index in [2.05, 4.69) is 15.1 Å². The molecule has 0 atom stereocenters. The maximum atomic E-state index is 12.7. The van der Waals surface area contributed by atoms with E-state index in [1.165, 1.54) is 0 Å². The molecule has 0 aliphatic carbocycles. The zero-order valence-electron chi connectivity index (χ0n) is 20.1. The minimum absolute atomic E-state index is 0.0516. The van der Waals surface area contributed by atoms with Gasteiger partial charge in [-0.15, -0.1) is 10.2 Å². The summed E-state index contributed by atoms with van der Waals surface area (Å²) >= 11 is 6.26. The van der Waals surface area contributed by atoms with Crippen LogP contribution in [0.15, 0.2) is 91.0 Å². The number of benzene rings is 3. The van der Waals surface area contributed by atoms with Crippen molar-refractivity contribution in [3.8, 4) is 17.0 Å². The number of aromatic nitrogens is 2. The van der Waals surface area contributed by atoms with Crippen molar-refractivity contribution in [3.63, 3.8) is 0 Å². The van der Waals surface area contributed by atoms with Crippen LogP contribution in [0.3, 0.4) is 0 Å². The molecule has 0 N–H and O–H groups in total. The molecule has 1 fully saturated rings. The molecule has 1 saturated heterocycles. The minimum atomic E-state index is -0.0794. The van der Waals surface area contributed by atoms with Gasteiger partial charge in [0.15, 0.2) is 18.2 Å². The van der Waals surface area contributed by atoms with E-state index in [0.29, 0.717) is 48.1 Å². The highest BCUT2D eigenvalue weighted by Crippen LogP contribution is 2.26. The van der Waals surface area contributed by atoms with Gasteiger partial charge >= 0.3 is 0 Å². The molecule has 37 heavy (non-hydrogen) atoms. The van der Waals surface area contributed by atoms with Crippen molar-refractivity contribution < 1.29 is 14.3 Å². The van der Waals surface area contributed by atoms with Gasteiger partial charge in [0.25, 0.3) is 5.91 Å². The summed E-state index contributed by atoms with van der Waals surface area (Å²) in [6, 6.07) is 27.3. The van der Waals surface area contributed by atoms with Gasteiger partial charge in [-0.05, 0) is 42.5 Å². The topological polar surface area (TPSA) is 75.6 Å². The molecule has 1 aliphatic rings. The monoisotopic (exact) mass is 512 g/mol. The highest BCUT2D eigenvalue weighted by molar-refractivity contribution is 6.33. The van der Waals surface area contributed by atoms with E-state index in [-0.39, 0.29) is 18.3 Å². The Morgan fingerprint density at radius 3 is 2.11 bits per heavy atom. The van der Waals surface area contributed by atoms with Gasteiger partial charge in [-0.25, -0.2) is 0 Å². The number of hydrogen-bond donors (Lipinski definition) is 0. The van der Waals surface area contributed by atoms with Crippen molar-refractivity contribution in [2.45, 2.75) is 0 Å². The lowest BCUT2D eigenvalue weighted by Gasteiger charge is -2.35. The SMILES string of the molecule is O=C(c1ccccc1)c1ccc(OCC(=O)N2CCN(c3ccc(-c4ccccc4Cl)nn3)CC2)cc1. The van der Waals surface area contributed by atoms with E-state index in [1.54, 1.807) is 41.3 Å². The fraction of sp³-hybridized carbons (Fsp3) is 0.172. The molecule has 0 bridgehead atoms.